The van der Waals surface area contributed by atoms with E-state index in [0.717, 1.165) is 57.8 Å². The Morgan fingerprint density at radius 1 is 0.431 bits per heavy atom. The number of unbranched alkanes of at least 4 members (excludes halogenated alkanes) is 28. The second-order valence-electron chi connectivity index (χ2n) is 16.9. The van der Waals surface area contributed by atoms with Gasteiger partial charge in [-0.05, 0) is 64.2 Å². The lowest BCUT2D eigenvalue weighted by Gasteiger charge is -2.20. The third-order valence-electron chi connectivity index (χ3n) is 11.2. The van der Waals surface area contributed by atoms with Crippen molar-refractivity contribution in [2.75, 3.05) is 6.61 Å². The van der Waals surface area contributed by atoms with E-state index in [0.29, 0.717) is 6.42 Å². The van der Waals surface area contributed by atoms with Gasteiger partial charge in [-0.1, -0.05) is 247 Å². The van der Waals surface area contributed by atoms with Crippen LogP contribution in [0.15, 0.2) is 72.9 Å². The summed E-state index contributed by atoms with van der Waals surface area (Å²) in [5, 5.41) is 23.0. The van der Waals surface area contributed by atoms with Crippen LogP contribution in [0.5, 0.6) is 0 Å². The molecular weight excluding hydrogens is 711 g/mol. The van der Waals surface area contributed by atoms with Crippen molar-refractivity contribution < 1.29 is 15.0 Å². The summed E-state index contributed by atoms with van der Waals surface area (Å²) >= 11 is 0. The van der Waals surface area contributed by atoms with Crippen LogP contribution in [0.4, 0.5) is 0 Å². The van der Waals surface area contributed by atoms with E-state index in [1.165, 1.54) is 167 Å². The smallest absolute Gasteiger partial charge is 0.220 e. The van der Waals surface area contributed by atoms with Crippen molar-refractivity contribution in [3.05, 3.63) is 72.9 Å². The Morgan fingerprint density at radius 2 is 0.759 bits per heavy atom. The fourth-order valence-electron chi connectivity index (χ4n) is 7.38. The number of carbonyl (C=O) groups excluding carboxylic acids is 1. The fraction of sp³-hybridized carbons (Fsp3) is 0.759. The van der Waals surface area contributed by atoms with E-state index in [2.05, 4.69) is 79.9 Å². The zero-order valence-electron chi connectivity index (χ0n) is 38.5. The van der Waals surface area contributed by atoms with Crippen molar-refractivity contribution in [3.63, 3.8) is 0 Å². The number of hydrogen-bond donors (Lipinski definition) is 3. The number of rotatable bonds is 45. The Labute approximate surface area is 361 Å². The molecule has 0 spiro atoms. The van der Waals surface area contributed by atoms with Gasteiger partial charge in [-0.3, -0.25) is 4.79 Å². The third-order valence-corrected chi connectivity index (χ3v) is 11.2. The van der Waals surface area contributed by atoms with E-state index >= 15 is 0 Å². The van der Waals surface area contributed by atoms with Gasteiger partial charge in [0.05, 0.1) is 18.8 Å². The summed E-state index contributed by atoms with van der Waals surface area (Å²) in [5.74, 6) is -0.0649. The van der Waals surface area contributed by atoms with Crippen molar-refractivity contribution in [3.8, 4) is 0 Å². The van der Waals surface area contributed by atoms with Gasteiger partial charge in [0.2, 0.25) is 5.91 Å². The predicted octanol–water partition coefficient (Wildman–Crippen LogP) is 16.2. The molecule has 2 atom stereocenters. The number of aliphatic hydroxyl groups is 2. The minimum absolute atomic E-state index is 0.0649. The summed E-state index contributed by atoms with van der Waals surface area (Å²) < 4.78 is 0. The fourth-order valence-corrected chi connectivity index (χ4v) is 7.38. The van der Waals surface area contributed by atoms with Gasteiger partial charge in [-0.2, -0.15) is 0 Å². The monoisotopic (exact) mass is 808 g/mol. The van der Waals surface area contributed by atoms with Crippen LogP contribution < -0.4 is 5.32 Å². The van der Waals surface area contributed by atoms with Gasteiger partial charge in [0.25, 0.3) is 0 Å². The maximum absolute atomic E-state index is 12.4. The Bertz CT molecular complexity index is 1010. The van der Waals surface area contributed by atoms with E-state index in [1.54, 1.807) is 6.08 Å². The lowest BCUT2D eigenvalue weighted by Crippen LogP contribution is -2.45. The zero-order chi connectivity index (χ0) is 42.1. The normalized spacial score (nSPS) is 13.5. The summed E-state index contributed by atoms with van der Waals surface area (Å²) in [7, 11) is 0. The molecule has 4 nitrogen and oxygen atoms in total. The van der Waals surface area contributed by atoms with Crippen molar-refractivity contribution in [1.82, 2.24) is 5.32 Å². The molecule has 2 unspecified atom stereocenters. The molecule has 0 aromatic heterocycles. The molecule has 58 heavy (non-hydrogen) atoms. The Morgan fingerprint density at radius 3 is 1.14 bits per heavy atom. The minimum Gasteiger partial charge on any atom is -0.394 e. The van der Waals surface area contributed by atoms with Crippen LogP contribution in [0.3, 0.4) is 0 Å². The second kappa shape index (κ2) is 49.2. The highest BCUT2D eigenvalue weighted by molar-refractivity contribution is 5.76. The van der Waals surface area contributed by atoms with Crippen LogP contribution >= 0.6 is 0 Å². The molecule has 0 saturated carbocycles. The maximum Gasteiger partial charge on any atom is 0.220 e. The average molecular weight is 808 g/mol. The first-order chi connectivity index (χ1) is 28.7. The highest BCUT2D eigenvalue weighted by Crippen LogP contribution is 2.16. The molecule has 0 saturated heterocycles. The second-order valence-corrected chi connectivity index (χ2v) is 16.9. The lowest BCUT2D eigenvalue weighted by atomic mass is 10.0. The van der Waals surface area contributed by atoms with Crippen LogP contribution in [0.2, 0.25) is 0 Å². The molecule has 3 N–H and O–H groups in total. The quantitative estimate of drug-likeness (QED) is 0.0424. The summed E-state index contributed by atoms with van der Waals surface area (Å²) in [6, 6.07) is -0.623. The minimum atomic E-state index is -0.839. The molecule has 0 bridgehead atoms. The summed E-state index contributed by atoms with van der Waals surface area (Å²) in [6.07, 6.45) is 70.4. The van der Waals surface area contributed by atoms with Crippen molar-refractivity contribution >= 4 is 5.91 Å². The van der Waals surface area contributed by atoms with Crippen LogP contribution in [-0.2, 0) is 4.79 Å². The van der Waals surface area contributed by atoms with E-state index in [-0.39, 0.29) is 12.5 Å². The summed E-state index contributed by atoms with van der Waals surface area (Å²) in [4.78, 5) is 12.4. The molecule has 336 valence electrons. The number of nitrogens with one attached hydrogen (secondary N) is 1. The van der Waals surface area contributed by atoms with Gasteiger partial charge in [0, 0.05) is 6.42 Å². The van der Waals surface area contributed by atoms with Gasteiger partial charge in [-0.15, -0.1) is 0 Å². The first-order valence-electron chi connectivity index (χ1n) is 25.2. The zero-order valence-corrected chi connectivity index (χ0v) is 38.5. The molecule has 0 aliphatic rings. The molecule has 0 aliphatic carbocycles. The molecule has 4 heteroatoms. The largest absolute Gasteiger partial charge is 0.394 e. The number of amides is 1. The van der Waals surface area contributed by atoms with Crippen LogP contribution in [0.25, 0.3) is 0 Å². The maximum atomic E-state index is 12.4. The highest BCUT2D eigenvalue weighted by atomic mass is 16.3. The molecule has 0 aliphatic heterocycles. The number of allylic oxidation sites excluding steroid dienone is 11. The summed E-state index contributed by atoms with van der Waals surface area (Å²) in [5.41, 5.74) is 0. The van der Waals surface area contributed by atoms with Gasteiger partial charge in [-0.25, -0.2) is 0 Å². The Hall–Kier alpha value is -2.17. The molecule has 0 heterocycles. The number of carbonyl (C=O) groups is 1. The highest BCUT2D eigenvalue weighted by Gasteiger charge is 2.18. The van der Waals surface area contributed by atoms with Gasteiger partial charge >= 0.3 is 0 Å². The van der Waals surface area contributed by atoms with E-state index in [1.807, 2.05) is 6.08 Å². The van der Waals surface area contributed by atoms with Crippen molar-refractivity contribution in [2.45, 2.75) is 257 Å². The topological polar surface area (TPSA) is 69.6 Å². The van der Waals surface area contributed by atoms with E-state index < -0.39 is 12.1 Å². The predicted molar refractivity (Wildman–Crippen MR) is 257 cm³/mol. The van der Waals surface area contributed by atoms with E-state index in [4.69, 9.17) is 0 Å². The SMILES string of the molecule is CC/C=C\C/C=C\C/C=C\C/C=C\C/C=C\CCCCCCCCCCCCCCCCCCCC(=O)NC(CO)C(O)/C=C/CCCCCCCCCCCCC. The Kier molecular flexibility index (Phi) is 47.4. The van der Waals surface area contributed by atoms with Gasteiger partial charge in [0.1, 0.15) is 0 Å². The van der Waals surface area contributed by atoms with Gasteiger partial charge in [0.15, 0.2) is 0 Å². The molecular formula is C54H97NO3. The summed E-state index contributed by atoms with van der Waals surface area (Å²) in [6.45, 7) is 4.19. The first kappa shape index (κ1) is 55.8. The molecule has 0 fully saturated rings. The number of hydrogen-bond acceptors (Lipinski definition) is 3. The average Bonchev–Trinajstić information content (AvgIpc) is 3.23. The van der Waals surface area contributed by atoms with Gasteiger partial charge < -0.3 is 15.5 Å². The van der Waals surface area contributed by atoms with E-state index in [9.17, 15) is 15.0 Å². The van der Waals surface area contributed by atoms with Crippen LogP contribution in [0, 0.1) is 0 Å². The number of aliphatic hydroxyl groups excluding tert-OH is 2. The Balaban J connectivity index is 3.49. The molecule has 0 radical (unpaired) electrons. The molecule has 0 aromatic rings. The third kappa shape index (κ3) is 44.9. The van der Waals surface area contributed by atoms with Crippen molar-refractivity contribution in [1.29, 1.82) is 0 Å². The van der Waals surface area contributed by atoms with Crippen molar-refractivity contribution in [2.24, 2.45) is 0 Å². The molecule has 0 aromatic carbocycles. The van der Waals surface area contributed by atoms with Crippen LogP contribution in [-0.4, -0.2) is 34.9 Å². The first-order valence-corrected chi connectivity index (χ1v) is 25.2. The van der Waals surface area contributed by atoms with Crippen LogP contribution in [0.1, 0.15) is 245 Å². The molecule has 1 amide bonds. The molecule has 0 rings (SSSR count). The standard InChI is InChI=1S/C54H97NO3/c1-3-5-7-9-11-13-15-17-18-19-20-21-22-23-24-25-26-27-28-29-30-31-32-33-34-35-36-38-40-42-44-46-48-50-54(58)55-52(51-56)53(57)49-47-45-43-41-39-37-16-14-12-10-8-6-4-2/h5,7,11,13,17-18,20-21,23-24,47,49,52-53,56-57H,3-4,6,8-10,12,14-16,19,22,25-46,48,50-51H2,1-2H3,(H,55,58)/b7-5-,13-11-,18-17-,21-20-,24-23-,49-47+. The lowest BCUT2D eigenvalue weighted by molar-refractivity contribution is -0.123.